The van der Waals surface area contributed by atoms with Crippen LogP contribution in [0, 0.1) is 29.1 Å². The Morgan fingerprint density at radius 1 is 0.545 bits per heavy atom. The number of benzene rings is 4. The van der Waals surface area contributed by atoms with E-state index in [0.29, 0.717) is 26.7 Å². The molecule has 0 heterocycles. The Bertz CT molecular complexity index is 1570. The maximum Gasteiger partial charge on any atom is 0.515 e. The maximum atomic E-state index is 14.1. The minimum Gasteiger partial charge on any atom is -0.445 e. The van der Waals surface area contributed by atoms with Gasteiger partial charge in [0, 0.05) is 11.1 Å². The monoisotopic (exact) mass is 762 g/mol. The van der Waals surface area contributed by atoms with Gasteiger partial charge in [-0.25, -0.2) is 22.0 Å². The summed E-state index contributed by atoms with van der Waals surface area (Å²) in [6.45, 7) is -6.30. The van der Waals surface area contributed by atoms with Crippen molar-refractivity contribution in [2.45, 2.75) is 17.4 Å². The molecule has 0 N–H and O–H groups in total. The van der Waals surface area contributed by atoms with Crippen LogP contribution in [0.3, 0.4) is 0 Å². The summed E-state index contributed by atoms with van der Waals surface area (Å²) in [6.07, 6.45) is 0. The van der Waals surface area contributed by atoms with Crippen molar-refractivity contribution in [2.24, 2.45) is 0 Å². The molecular formula is C26H13BCl6F8O2S. The molecule has 0 radical (unpaired) electrons. The molecule has 0 saturated carbocycles. The number of alkyl halides is 6. The normalized spacial score (nSPS) is 12.4. The first-order valence-electron chi connectivity index (χ1n) is 11.5. The summed E-state index contributed by atoms with van der Waals surface area (Å²) in [5, 5.41) is 0. The lowest BCUT2D eigenvalue weighted by atomic mass is 9.79. The van der Waals surface area contributed by atoms with Crippen molar-refractivity contribution in [3.8, 4) is 5.75 Å². The van der Waals surface area contributed by atoms with E-state index in [1.165, 1.54) is 0 Å². The predicted molar refractivity (Wildman–Crippen MR) is 158 cm³/mol. The van der Waals surface area contributed by atoms with Crippen molar-refractivity contribution in [2.75, 3.05) is 0 Å². The molecule has 0 aliphatic heterocycles. The van der Waals surface area contributed by atoms with Gasteiger partial charge in [-0.15, -0.1) is 0 Å². The predicted octanol–water partition coefficient (Wildman–Crippen LogP) is 10.7. The zero-order valence-corrected chi connectivity index (χ0v) is 26.5. The highest BCUT2D eigenvalue weighted by atomic mass is 35.6. The molecular weight excluding hydrogens is 752 g/mol. The lowest BCUT2D eigenvalue weighted by molar-refractivity contribution is 0.377. The third kappa shape index (κ3) is 8.45. The molecule has 4 aromatic carbocycles. The largest absolute Gasteiger partial charge is 0.515 e. The summed E-state index contributed by atoms with van der Waals surface area (Å²) < 4.78 is 114. The molecule has 0 fully saturated rings. The third-order valence-corrected chi connectivity index (χ3v) is 9.03. The number of hydrogen-bond donors (Lipinski definition) is 0. The summed E-state index contributed by atoms with van der Waals surface area (Å²) >= 11 is 35.5. The van der Waals surface area contributed by atoms with Gasteiger partial charge in [-0.1, -0.05) is 87.8 Å². The SMILES string of the molecule is Fc1c(F)c(F)c([B-](F)(F)F)c(F)c1F.O=[S+](Oc1ccccc1)(c1ccc(C(Cl)(Cl)Cl)cc1)c1ccc(C(Cl)(Cl)Cl)cc1. The van der Waals surface area contributed by atoms with Crippen LogP contribution in [0.5, 0.6) is 5.75 Å². The smallest absolute Gasteiger partial charge is 0.445 e. The van der Waals surface area contributed by atoms with Crippen molar-refractivity contribution in [3.63, 3.8) is 0 Å². The van der Waals surface area contributed by atoms with Crippen molar-refractivity contribution in [1.29, 1.82) is 0 Å². The van der Waals surface area contributed by atoms with Gasteiger partial charge < -0.3 is 12.9 Å². The fourth-order valence-corrected chi connectivity index (χ4v) is 5.99. The van der Waals surface area contributed by atoms with Crippen molar-refractivity contribution in [3.05, 3.63) is 119 Å². The first-order valence-corrected chi connectivity index (χ1v) is 15.3. The van der Waals surface area contributed by atoms with Gasteiger partial charge in [0.15, 0.2) is 23.2 Å². The van der Waals surface area contributed by atoms with Gasteiger partial charge >= 0.3 is 17.2 Å². The van der Waals surface area contributed by atoms with Crippen molar-refractivity contribution in [1.82, 2.24) is 0 Å². The van der Waals surface area contributed by atoms with Crippen LogP contribution >= 0.6 is 69.6 Å². The van der Waals surface area contributed by atoms with E-state index in [1.807, 2.05) is 6.07 Å². The minimum atomic E-state index is -6.30. The van der Waals surface area contributed by atoms with E-state index in [0.717, 1.165) is 0 Å². The second-order valence-electron chi connectivity index (χ2n) is 8.50. The van der Waals surface area contributed by atoms with E-state index >= 15 is 0 Å². The minimum absolute atomic E-state index is 0.404. The van der Waals surface area contributed by atoms with E-state index in [4.69, 9.17) is 73.8 Å². The molecule has 4 aromatic rings. The molecule has 0 atom stereocenters. The van der Waals surface area contributed by atoms with Crippen LogP contribution in [0.25, 0.3) is 0 Å². The van der Waals surface area contributed by atoms with Crippen LogP contribution < -0.4 is 9.65 Å². The second kappa shape index (κ2) is 13.8. The van der Waals surface area contributed by atoms with E-state index < -0.39 is 59.3 Å². The van der Waals surface area contributed by atoms with Crippen LogP contribution in [0.1, 0.15) is 11.1 Å². The van der Waals surface area contributed by atoms with E-state index in [9.17, 15) is 39.1 Å². The lowest BCUT2D eigenvalue weighted by Gasteiger charge is -2.17. The Labute approximate surface area is 276 Å². The second-order valence-corrected chi connectivity index (χ2v) is 15.2. The Morgan fingerprint density at radius 2 is 0.886 bits per heavy atom. The fourth-order valence-electron chi connectivity index (χ4n) is 3.40. The van der Waals surface area contributed by atoms with Crippen LogP contribution in [-0.2, 0) is 22.0 Å². The third-order valence-electron chi connectivity index (χ3n) is 5.51. The molecule has 18 heteroatoms. The Hall–Kier alpha value is -1.93. The van der Waals surface area contributed by atoms with Gasteiger partial charge in [-0.3, -0.25) is 4.18 Å². The summed E-state index contributed by atoms with van der Waals surface area (Å²) in [5.74, 6) is -13.1. The van der Waals surface area contributed by atoms with Gasteiger partial charge in [0.05, 0.1) is 0 Å². The Morgan fingerprint density at radius 3 is 1.20 bits per heavy atom. The van der Waals surface area contributed by atoms with Gasteiger partial charge in [-0.05, 0) is 70.3 Å². The highest BCUT2D eigenvalue weighted by Crippen LogP contribution is 2.41. The molecule has 0 unspecified atom stereocenters. The molecule has 0 aromatic heterocycles. The molecule has 44 heavy (non-hydrogen) atoms. The van der Waals surface area contributed by atoms with Gasteiger partial charge in [0.25, 0.3) is 0 Å². The highest BCUT2D eigenvalue weighted by molar-refractivity contribution is 7.99. The first kappa shape index (κ1) is 36.5. The average Bonchev–Trinajstić information content (AvgIpc) is 2.94. The van der Waals surface area contributed by atoms with Crippen LogP contribution in [0.2, 0.25) is 0 Å². The molecule has 0 amide bonds. The Kier molecular flexibility index (Phi) is 11.5. The van der Waals surface area contributed by atoms with Crippen LogP contribution in [-0.4, -0.2) is 6.98 Å². The standard InChI is InChI=1S/C20H13Cl6O2S.C6BF8/c21-19(22,23)14-6-10-17(11-7-14)29(27,28-16-4-2-1-3-5-16)18-12-8-15(9-13-18)20(24,25)26;8-2-1(7(13,14)15)3(9)5(11)6(12)4(2)10/h1-13H;/q+1;-1. The van der Waals surface area contributed by atoms with Crippen molar-refractivity contribution < 1.29 is 43.3 Å². The quantitative estimate of drug-likeness (QED) is 0.0505. The van der Waals surface area contributed by atoms with Crippen LogP contribution in [0.15, 0.2) is 88.7 Å². The molecule has 236 valence electrons. The zero-order valence-electron chi connectivity index (χ0n) is 21.1. The maximum absolute atomic E-state index is 14.1. The zero-order chi connectivity index (χ0) is 33.3. The lowest BCUT2D eigenvalue weighted by Crippen LogP contribution is -2.41. The molecule has 0 aliphatic carbocycles. The van der Waals surface area contributed by atoms with E-state index in [2.05, 4.69) is 0 Å². The van der Waals surface area contributed by atoms with E-state index in [-0.39, 0.29) is 0 Å². The fraction of sp³-hybridized carbons (Fsp3) is 0.0769. The summed E-state index contributed by atoms with van der Waals surface area (Å²) in [5.41, 5.74) is -1.84. The summed E-state index contributed by atoms with van der Waals surface area (Å²) in [4.78, 5) is 0.807. The molecule has 0 spiro atoms. The molecule has 4 rings (SSSR count). The molecule has 2 nitrogen and oxygen atoms in total. The number of rotatable bonds is 5. The average molecular weight is 765 g/mol. The first-order chi connectivity index (χ1) is 20.2. The van der Waals surface area contributed by atoms with E-state index in [1.54, 1.807) is 72.8 Å². The van der Waals surface area contributed by atoms with Gasteiger partial charge in [0.2, 0.25) is 17.4 Å². The Balaban J connectivity index is 0.000000297. The highest BCUT2D eigenvalue weighted by Gasteiger charge is 2.40. The topological polar surface area (TPSA) is 26.3 Å². The number of para-hydroxylation sites is 1. The molecule has 0 bridgehead atoms. The number of halogens is 14. The van der Waals surface area contributed by atoms with Gasteiger partial charge in [0.1, 0.15) is 11.6 Å². The summed E-state index contributed by atoms with van der Waals surface area (Å²) in [6, 6.07) is 21.6. The molecule has 0 aliphatic rings. The van der Waals surface area contributed by atoms with Crippen LogP contribution in [0.4, 0.5) is 34.9 Å². The van der Waals surface area contributed by atoms with Gasteiger partial charge in [-0.2, -0.15) is 0 Å². The summed E-state index contributed by atoms with van der Waals surface area (Å²) in [7, 11) is -3.18. The van der Waals surface area contributed by atoms with Crippen molar-refractivity contribution >= 4 is 92.3 Å². The number of hydrogen-bond acceptors (Lipinski definition) is 2. The molecule has 0 saturated heterocycles.